The molecule has 0 unspecified atom stereocenters. The van der Waals surface area contributed by atoms with Crippen molar-refractivity contribution in [2.45, 2.75) is 25.0 Å². The summed E-state index contributed by atoms with van der Waals surface area (Å²) in [6, 6.07) is 9.58. The lowest BCUT2D eigenvalue weighted by molar-refractivity contribution is 0.0819. The van der Waals surface area contributed by atoms with E-state index in [9.17, 15) is 4.79 Å². The number of anilines is 1. The van der Waals surface area contributed by atoms with Crippen molar-refractivity contribution in [1.29, 1.82) is 0 Å². The van der Waals surface area contributed by atoms with Crippen LogP contribution in [0.25, 0.3) is 0 Å². The van der Waals surface area contributed by atoms with Crippen LogP contribution >= 0.6 is 0 Å². The van der Waals surface area contributed by atoms with Gasteiger partial charge in [-0.05, 0) is 24.3 Å². The number of amides is 1. The monoisotopic (exact) mass is 309 g/mol. The van der Waals surface area contributed by atoms with Gasteiger partial charge in [0.15, 0.2) is 0 Å². The first-order valence-corrected chi connectivity index (χ1v) is 7.92. The van der Waals surface area contributed by atoms with E-state index in [0.717, 1.165) is 38.2 Å². The van der Waals surface area contributed by atoms with Gasteiger partial charge in [0.2, 0.25) is 0 Å². The molecule has 23 heavy (non-hydrogen) atoms. The van der Waals surface area contributed by atoms with E-state index < -0.39 is 0 Å². The maximum atomic E-state index is 12.3. The summed E-state index contributed by atoms with van der Waals surface area (Å²) in [4.78, 5) is 23.4. The molecule has 1 fully saturated rings. The summed E-state index contributed by atoms with van der Waals surface area (Å²) in [5.41, 5.74) is 1.32. The Bertz CT molecular complexity index is 710. The van der Waals surface area contributed by atoms with Gasteiger partial charge in [0.25, 0.3) is 5.91 Å². The SMILES string of the molecule is O=C1NC2(CCN(Cc3ccccn3)CC2)Nc2ncccc21. The summed E-state index contributed by atoms with van der Waals surface area (Å²) in [5, 5.41) is 6.58. The van der Waals surface area contributed by atoms with Crippen molar-refractivity contribution >= 4 is 11.7 Å². The topological polar surface area (TPSA) is 70.2 Å². The fraction of sp³-hybridized carbons (Fsp3) is 0.353. The van der Waals surface area contributed by atoms with E-state index in [1.54, 1.807) is 18.3 Å². The fourth-order valence-corrected chi connectivity index (χ4v) is 3.29. The van der Waals surface area contributed by atoms with E-state index in [0.29, 0.717) is 11.4 Å². The molecule has 0 atom stereocenters. The van der Waals surface area contributed by atoms with Gasteiger partial charge in [0, 0.05) is 44.9 Å². The van der Waals surface area contributed by atoms with Crippen LogP contribution in [0, 0.1) is 0 Å². The van der Waals surface area contributed by atoms with Crippen LogP contribution in [0.15, 0.2) is 42.7 Å². The van der Waals surface area contributed by atoms with Gasteiger partial charge in [-0.25, -0.2) is 4.98 Å². The molecule has 2 aromatic rings. The first-order chi connectivity index (χ1) is 11.2. The number of pyridine rings is 2. The molecule has 0 bridgehead atoms. The van der Waals surface area contributed by atoms with Crippen molar-refractivity contribution < 1.29 is 4.79 Å². The lowest BCUT2D eigenvalue weighted by Gasteiger charge is -2.45. The minimum atomic E-state index is -0.376. The number of rotatable bonds is 2. The number of likely N-dealkylation sites (tertiary alicyclic amines) is 1. The Kier molecular flexibility index (Phi) is 3.46. The highest BCUT2D eigenvalue weighted by atomic mass is 16.2. The Balaban J connectivity index is 1.44. The Hall–Kier alpha value is -2.47. The Morgan fingerprint density at radius 2 is 1.87 bits per heavy atom. The van der Waals surface area contributed by atoms with E-state index in [1.807, 2.05) is 24.4 Å². The highest BCUT2D eigenvalue weighted by molar-refractivity contribution is 6.01. The highest BCUT2D eigenvalue weighted by Crippen LogP contribution is 2.30. The average molecular weight is 309 g/mol. The maximum absolute atomic E-state index is 12.3. The second-order valence-electron chi connectivity index (χ2n) is 6.16. The molecule has 6 heteroatoms. The fourth-order valence-electron chi connectivity index (χ4n) is 3.29. The summed E-state index contributed by atoms with van der Waals surface area (Å²) in [5.74, 6) is 0.652. The quantitative estimate of drug-likeness (QED) is 0.882. The smallest absolute Gasteiger partial charge is 0.256 e. The number of hydrogen-bond donors (Lipinski definition) is 2. The van der Waals surface area contributed by atoms with Crippen LogP contribution in [0.4, 0.5) is 5.82 Å². The lowest BCUT2D eigenvalue weighted by atomic mass is 9.93. The third kappa shape index (κ3) is 2.77. The standard InChI is InChI=1S/C17H19N5O/c23-16-14-5-3-9-19-15(14)20-17(21-16)6-10-22(11-7-17)12-13-4-1-2-8-18-13/h1-5,8-9H,6-7,10-12H2,(H,19,20)(H,21,23). The number of hydrogen-bond acceptors (Lipinski definition) is 5. The normalized spacial score (nSPS) is 19.7. The van der Waals surface area contributed by atoms with Crippen LogP contribution in [-0.4, -0.2) is 39.5 Å². The van der Waals surface area contributed by atoms with Gasteiger partial charge in [-0.3, -0.25) is 14.7 Å². The van der Waals surface area contributed by atoms with Crippen molar-refractivity contribution in [2.75, 3.05) is 18.4 Å². The van der Waals surface area contributed by atoms with Crippen molar-refractivity contribution in [1.82, 2.24) is 20.2 Å². The summed E-state index contributed by atoms with van der Waals surface area (Å²) in [7, 11) is 0. The average Bonchev–Trinajstić information content (AvgIpc) is 2.58. The van der Waals surface area contributed by atoms with Crippen molar-refractivity contribution in [3.63, 3.8) is 0 Å². The van der Waals surface area contributed by atoms with Crippen LogP contribution in [0.3, 0.4) is 0 Å². The largest absolute Gasteiger partial charge is 0.347 e. The molecule has 1 saturated heterocycles. The Morgan fingerprint density at radius 1 is 1.04 bits per heavy atom. The second kappa shape index (κ2) is 5.62. The molecule has 2 aliphatic rings. The van der Waals surface area contributed by atoms with Crippen LogP contribution in [0.2, 0.25) is 0 Å². The molecule has 6 nitrogen and oxygen atoms in total. The molecule has 4 heterocycles. The predicted octanol–water partition coefficient (Wildman–Crippen LogP) is 1.62. The van der Waals surface area contributed by atoms with E-state index >= 15 is 0 Å². The third-order valence-corrected chi connectivity index (χ3v) is 4.58. The van der Waals surface area contributed by atoms with E-state index in [-0.39, 0.29) is 11.6 Å². The molecule has 1 amide bonds. The molecular weight excluding hydrogens is 290 g/mol. The van der Waals surface area contributed by atoms with E-state index in [2.05, 4.69) is 25.5 Å². The van der Waals surface area contributed by atoms with Crippen LogP contribution in [-0.2, 0) is 6.54 Å². The summed E-state index contributed by atoms with van der Waals surface area (Å²) in [6.07, 6.45) is 5.24. The summed E-state index contributed by atoms with van der Waals surface area (Å²) < 4.78 is 0. The predicted molar refractivity (Wildman–Crippen MR) is 86.8 cm³/mol. The number of carbonyl (C=O) groups excluding carboxylic acids is 1. The molecule has 0 radical (unpaired) electrons. The molecule has 4 rings (SSSR count). The molecular formula is C17H19N5O. The van der Waals surface area contributed by atoms with Gasteiger partial charge in [-0.2, -0.15) is 0 Å². The minimum absolute atomic E-state index is 0.0370. The van der Waals surface area contributed by atoms with Gasteiger partial charge in [0.05, 0.1) is 11.3 Å². The van der Waals surface area contributed by atoms with Crippen LogP contribution < -0.4 is 10.6 Å². The Morgan fingerprint density at radius 3 is 2.65 bits per heavy atom. The molecule has 0 aromatic carbocycles. The van der Waals surface area contributed by atoms with Gasteiger partial charge < -0.3 is 10.6 Å². The van der Waals surface area contributed by atoms with Gasteiger partial charge in [0.1, 0.15) is 11.5 Å². The zero-order valence-corrected chi connectivity index (χ0v) is 12.8. The first-order valence-electron chi connectivity index (χ1n) is 7.92. The number of fused-ring (bicyclic) bond motifs is 1. The molecule has 2 aromatic heterocycles. The van der Waals surface area contributed by atoms with Crippen molar-refractivity contribution in [3.05, 3.63) is 54.0 Å². The van der Waals surface area contributed by atoms with Crippen molar-refractivity contribution in [2.24, 2.45) is 0 Å². The number of aromatic nitrogens is 2. The first kappa shape index (κ1) is 14.1. The number of piperidine rings is 1. The second-order valence-corrected chi connectivity index (χ2v) is 6.16. The zero-order chi connectivity index (χ0) is 15.7. The van der Waals surface area contributed by atoms with Crippen molar-refractivity contribution in [3.8, 4) is 0 Å². The van der Waals surface area contributed by atoms with Crippen LogP contribution in [0.5, 0.6) is 0 Å². The summed E-state index contributed by atoms with van der Waals surface area (Å²) in [6.45, 7) is 2.66. The Labute approximate surface area is 134 Å². The molecule has 2 aliphatic heterocycles. The highest BCUT2D eigenvalue weighted by Gasteiger charge is 2.40. The number of nitrogens with zero attached hydrogens (tertiary/aromatic N) is 3. The minimum Gasteiger partial charge on any atom is -0.347 e. The zero-order valence-electron chi connectivity index (χ0n) is 12.8. The van der Waals surface area contributed by atoms with Gasteiger partial charge in [-0.1, -0.05) is 6.07 Å². The third-order valence-electron chi connectivity index (χ3n) is 4.58. The molecule has 1 spiro atoms. The summed E-state index contributed by atoms with van der Waals surface area (Å²) >= 11 is 0. The number of carbonyl (C=O) groups is 1. The molecule has 0 saturated carbocycles. The number of nitrogens with one attached hydrogen (secondary N) is 2. The maximum Gasteiger partial charge on any atom is 0.256 e. The lowest BCUT2D eigenvalue weighted by Crippen LogP contribution is -2.62. The molecule has 2 N–H and O–H groups in total. The van der Waals surface area contributed by atoms with Gasteiger partial charge >= 0.3 is 0 Å². The van der Waals surface area contributed by atoms with Gasteiger partial charge in [-0.15, -0.1) is 0 Å². The van der Waals surface area contributed by atoms with E-state index in [1.165, 1.54) is 0 Å². The van der Waals surface area contributed by atoms with E-state index in [4.69, 9.17) is 0 Å². The van der Waals surface area contributed by atoms with Crippen LogP contribution in [0.1, 0.15) is 28.9 Å². The molecule has 0 aliphatic carbocycles. The molecule has 118 valence electrons.